The quantitative estimate of drug-likeness (QED) is 0.790. The number of hydrogen-bond donors (Lipinski definition) is 1. The first-order valence-corrected chi connectivity index (χ1v) is 6.91. The summed E-state index contributed by atoms with van der Waals surface area (Å²) in [6.45, 7) is -0.0485. The van der Waals surface area contributed by atoms with Gasteiger partial charge in [-0.25, -0.2) is 18.4 Å². The zero-order valence-corrected chi connectivity index (χ0v) is 11.7. The molecule has 3 rings (SSSR count). The van der Waals surface area contributed by atoms with Gasteiger partial charge < -0.3 is 5.32 Å². The van der Waals surface area contributed by atoms with Crippen LogP contribution in [0, 0.1) is 11.6 Å². The lowest BCUT2D eigenvalue weighted by molar-refractivity contribution is -0.116. The first-order valence-electron chi connectivity index (χ1n) is 6.03. The van der Waals surface area contributed by atoms with E-state index in [-0.39, 0.29) is 12.5 Å². The number of carbonyl (C=O) groups excluding carboxylic acids is 1. The highest BCUT2D eigenvalue weighted by atomic mass is 32.1. The number of tetrazole rings is 1. The minimum Gasteiger partial charge on any atom is -0.300 e. The Bertz CT molecular complexity index is 804. The number of hydrogen-bond acceptors (Lipinski definition) is 6. The van der Waals surface area contributed by atoms with E-state index in [0.29, 0.717) is 16.4 Å². The molecule has 0 unspecified atom stereocenters. The Morgan fingerprint density at radius 3 is 2.91 bits per heavy atom. The molecule has 1 N–H and O–H groups in total. The molecule has 0 radical (unpaired) electrons. The maximum Gasteiger partial charge on any atom is 0.248 e. The number of nitrogens with one attached hydrogen (secondary N) is 1. The monoisotopic (exact) mass is 322 g/mol. The van der Waals surface area contributed by atoms with Crippen molar-refractivity contribution in [2.45, 2.75) is 6.54 Å². The van der Waals surface area contributed by atoms with E-state index >= 15 is 0 Å². The summed E-state index contributed by atoms with van der Waals surface area (Å²) in [4.78, 5) is 15.9. The highest BCUT2D eigenvalue weighted by Crippen LogP contribution is 2.26. The fourth-order valence-corrected chi connectivity index (χ4v) is 2.41. The fourth-order valence-electron chi connectivity index (χ4n) is 1.68. The largest absolute Gasteiger partial charge is 0.300 e. The normalized spacial score (nSPS) is 10.6. The molecule has 0 saturated heterocycles. The highest BCUT2D eigenvalue weighted by molar-refractivity contribution is 7.14. The molecule has 0 aliphatic carbocycles. The molecule has 0 fully saturated rings. The number of aromatic nitrogens is 5. The van der Waals surface area contributed by atoms with Gasteiger partial charge in [-0.05, 0) is 28.6 Å². The molecule has 0 aliphatic heterocycles. The van der Waals surface area contributed by atoms with Crippen LogP contribution in [0.15, 0.2) is 29.9 Å². The van der Waals surface area contributed by atoms with Crippen molar-refractivity contribution in [2.75, 3.05) is 5.32 Å². The van der Waals surface area contributed by atoms with Gasteiger partial charge in [-0.15, -0.1) is 16.4 Å². The Morgan fingerprint density at radius 1 is 1.32 bits per heavy atom. The lowest BCUT2D eigenvalue weighted by atomic mass is 10.2. The summed E-state index contributed by atoms with van der Waals surface area (Å²) >= 11 is 1.18. The van der Waals surface area contributed by atoms with Crippen LogP contribution in [0.2, 0.25) is 0 Å². The van der Waals surface area contributed by atoms with Gasteiger partial charge in [0.25, 0.3) is 0 Å². The average molecular weight is 322 g/mol. The Balaban J connectivity index is 1.70. The van der Waals surface area contributed by atoms with Crippen LogP contribution in [0.1, 0.15) is 0 Å². The van der Waals surface area contributed by atoms with Crippen molar-refractivity contribution in [3.8, 4) is 11.3 Å². The number of benzene rings is 1. The Kier molecular flexibility index (Phi) is 3.83. The molecule has 1 aromatic carbocycles. The van der Waals surface area contributed by atoms with Crippen LogP contribution < -0.4 is 5.32 Å². The van der Waals surface area contributed by atoms with Crippen molar-refractivity contribution >= 4 is 22.4 Å². The number of nitrogens with zero attached hydrogens (tertiary/aromatic N) is 5. The molecule has 112 valence electrons. The van der Waals surface area contributed by atoms with Crippen molar-refractivity contribution in [3.63, 3.8) is 0 Å². The number of thiazole rings is 1. The molecule has 2 aromatic heterocycles. The van der Waals surface area contributed by atoms with Crippen LogP contribution in [0.3, 0.4) is 0 Å². The molecule has 0 aliphatic rings. The predicted molar refractivity (Wildman–Crippen MR) is 73.9 cm³/mol. The van der Waals surface area contributed by atoms with Crippen LogP contribution in [-0.2, 0) is 11.3 Å². The standard InChI is InChI=1S/C12H8F2N6OS/c13-8-2-1-7(3-9(8)14)10-5-22-12(16-10)17-11(21)4-20-6-15-18-19-20/h1-3,5-6H,4H2,(H,16,17,21). The third kappa shape index (κ3) is 3.11. The lowest BCUT2D eigenvalue weighted by Crippen LogP contribution is -2.19. The number of halogens is 2. The molecule has 0 bridgehead atoms. The van der Waals surface area contributed by atoms with Crippen molar-refractivity contribution in [1.82, 2.24) is 25.2 Å². The first kappa shape index (κ1) is 14.2. The number of anilines is 1. The highest BCUT2D eigenvalue weighted by Gasteiger charge is 2.11. The molecule has 0 saturated carbocycles. The Labute approximate surface area is 126 Å². The predicted octanol–water partition coefficient (Wildman–Crippen LogP) is 1.71. The van der Waals surface area contributed by atoms with Crippen molar-refractivity contribution in [2.24, 2.45) is 0 Å². The minimum atomic E-state index is -0.949. The second-order valence-electron chi connectivity index (χ2n) is 4.22. The second kappa shape index (κ2) is 5.93. The summed E-state index contributed by atoms with van der Waals surface area (Å²) in [6.07, 6.45) is 1.31. The van der Waals surface area contributed by atoms with Crippen LogP contribution in [0.4, 0.5) is 13.9 Å². The summed E-state index contributed by atoms with van der Waals surface area (Å²) in [5, 5.41) is 15.0. The Morgan fingerprint density at radius 2 is 2.18 bits per heavy atom. The van der Waals surface area contributed by atoms with E-state index in [2.05, 4.69) is 25.8 Å². The fraction of sp³-hybridized carbons (Fsp3) is 0.0833. The average Bonchev–Trinajstić information content (AvgIpc) is 3.13. The van der Waals surface area contributed by atoms with E-state index in [1.165, 1.54) is 28.4 Å². The van der Waals surface area contributed by atoms with Crippen molar-refractivity contribution in [3.05, 3.63) is 41.5 Å². The molecular formula is C12H8F2N6OS. The summed E-state index contributed by atoms with van der Waals surface area (Å²) in [7, 11) is 0. The van der Waals surface area contributed by atoms with E-state index in [9.17, 15) is 13.6 Å². The van der Waals surface area contributed by atoms with E-state index < -0.39 is 11.6 Å². The third-order valence-corrected chi connectivity index (χ3v) is 3.42. The van der Waals surface area contributed by atoms with Gasteiger partial charge in [-0.2, -0.15) is 0 Å². The zero-order valence-electron chi connectivity index (χ0n) is 10.9. The molecule has 0 spiro atoms. The zero-order chi connectivity index (χ0) is 15.5. The van der Waals surface area contributed by atoms with Gasteiger partial charge in [-0.1, -0.05) is 0 Å². The molecule has 7 nitrogen and oxygen atoms in total. The van der Waals surface area contributed by atoms with E-state index in [0.717, 1.165) is 12.1 Å². The van der Waals surface area contributed by atoms with E-state index in [1.807, 2.05) is 0 Å². The van der Waals surface area contributed by atoms with Gasteiger partial charge >= 0.3 is 0 Å². The van der Waals surface area contributed by atoms with Crippen LogP contribution >= 0.6 is 11.3 Å². The maximum absolute atomic E-state index is 13.2. The summed E-state index contributed by atoms with van der Waals surface area (Å²) in [5.41, 5.74) is 0.873. The van der Waals surface area contributed by atoms with Gasteiger partial charge in [-0.3, -0.25) is 4.79 Å². The number of rotatable bonds is 4. The van der Waals surface area contributed by atoms with Crippen molar-refractivity contribution < 1.29 is 13.6 Å². The van der Waals surface area contributed by atoms with Gasteiger partial charge in [0.15, 0.2) is 16.8 Å². The smallest absolute Gasteiger partial charge is 0.248 e. The van der Waals surface area contributed by atoms with Crippen molar-refractivity contribution in [1.29, 1.82) is 0 Å². The molecule has 1 amide bonds. The minimum absolute atomic E-state index is 0.0485. The summed E-state index contributed by atoms with van der Waals surface area (Å²) in [6, 6.07) is 3.50. The van der Waals surface area contributed by atoms with E-state index in [1.54, 1.807) is 5.38 Å². The van der Waals surface area contributed by atoms with Gasteiger partial charge in [0, 0.05) is 10.9 Å². The SMILES string of the molecule is O=C(Cn1cnnn1)Nc1nc(-c2ccc(F)c(F)c2)cs1. The Hall–Kier alpha value is -2.75. The lowest BCUT2D eigenvalue weighted by Gasteiger charge is -2.00. The van der Waals surface area contributed by atoms with Crippen LogP contribution in [-0.4, -0.2) is 31.1 Å². The van der Waals surface area contributed by atoms with Gasteiger partial charge in [0.1, 0.15) is 12.9 Å². The van der Waals surface area contributed by atoms with Crippen LogP contribution in [0.25, 0.3) is 11.3 Å². The number of amides is 1. The summed E-state index contributed by atoms with van der Waals surface area (Å²) < 4.78 is 27.4. The molecule has 0 atom stereocenters. The van der Waals surface area contributed by atoms with E-state index in [4.69, 9.17) is 0 Å². The molecule has 10 heteroatoms. The first-order chi connectivity index (χ1) is 10.6. The second-order valence-corrected chi connectivity index (χ2v) is 5.08. The van der Waals surface area contributed by atoms with Gasteiger partial charge in [0.05, 0.1) is 5.69 Å². The molecule has 22 heavy (non-hydrogen) atoms. The van der Waals surface area contributed by atoms with Gasteiger partial charge in [0.2, 0.25) is 5.91 Å². The third-order valence-electron chi connectivity index (χ3n) is 2.66. The number of carbonyl (C=O) groups is 1. The topological polar surface area (TPSA) is 85.6 Å². The molecule has 3 aromatic rings. The molecular weight excluding hydrogens is 314 g/mol. The van der Waals surface area contributed by atoms with Crippen LogP contribution in [0.5, 0.6) is 0 Å². The molecule has 2 heterocycles. The summed E-state index contributed by atoms with van der Waals surface area (Å²) in [5.74, 6) is -2.22. The maximum atomic E-state index is 13.2.